The Morgan fingerprint density at radius 1 is 1.43 bits per heavy atom. The second-order valence-corrected chi connectivity index (χ2v) is 7.10. The molecule has 0 spiro atoms. The molecular formula is C18H21N3OS. The molecule has 120 valence electrons. The number of aromatic nitrogens is 1. The minimum absolute atomic E-state index is 0.0440. The molecule has 0 fully saturated rings. The van der Waals surface area contributed by atoms with Gasteiger partial charge in [-0.1, -0.05) is 43.8 Å². The van der Waals surface area contributed by atoms with Crippen molar-refractivity contribution in [2.45, 2.75) is 38.3 Å². The van der Waals surface area contributed by atoms with E-state index in [0.29, 0.717) is 0 Å². The van der Waals surface area contributed by atoms with Crippen LogP contribution in [0.2, 0.25) is 0 Å². The van der Waals surface area contributed by atoms with E-state index in [-0.39, 0.29) is 17.6 Å². The molecule has 0 bridgehead atoms. The largest absolute Gasteiger partial charge is 0.337 e. The van der Waals surface area contributed by atoms with Crippen molar-refractivity contribution in [2.75, 3.05) is 5.75 Å². The summed E-state index contributed by atoms with van der Waals surface area (Å²) in [6.45, 7) is 7.63. The van der Waals surface area contributed by atoms with Gasteiger partial charge in [-0.3, -0.25) is 4.79 Å². The van der Waals surface area contributed by atoms with Crippen LogP contribution < -0.4 is 5.32 Å². The van der Waals surface area contributed by atoms with Gasteiger partial charge in [0.25, 0.3) is 0 Å². The summed E-state index contributed by atoms with van der Waals surface area (Å²) in [4.78, 5) is 16.7. The van der Waals surface area contributed by atoms with E-state index in [1.54, 1.807) is 6.92 Å². The maximum Gasteiger partial charge on any atom is 0.231 e. The number of nitrogens with zero attached hydrogens (tertiary/aromatic N) is 2. The van der Waals surface area contributed by atoms with Crippen LogP contribution in [0.3, 0.4) is 0 Å². The highest BCUT2D eigenvalue weighted by atomic mass is 32.2. The number of fused-ring (bicyclic) bond motifs is 1. The van der Waals surface area contributed by atoms with Crippen molar-refractivity contribution < 1.29 is 4.79 Å². The fraction of sp³-hybridized carbons (Fsp3) is 0.389. The maximum atomic E-state index is 12.1. The first-order valence-corrected chi connectivity index (χ1v) is 8.55. The van der Waals surface area contributed by atoms with Crippen LogP contribution in [0.4, 0.5) is 0 Å². The number of nitriles is 1. The maximum absolute atomic E-state index is 12.1. The Kier molecular flexibility index (Phi) is 5.27. The van der Waals surface area contributed by atoms with Gasteiger partial charge in [0.05, 0.1) is 22.4 Å². The van der Waals surface area contributed by atoms with E-state index in [0.717, 1.165) is 21.5 Å². The lowest BCUT2D eigenvalue weighted by Gasteiger charge is -2.27. The molecule has 4 nitrogen and oxygen atoms in total. The number of hydrogen-bond acceptors (Lipinski definition) is 4. The topological polar surface area (TPSA) is 65.8 Å². The van der Waals surface area contributed by atoms with Crippen molar-refractivity contribution >= 4 is 28.6 Å². The van der Waals surface area contributed by atoms with E-state index < -0.39 is 5.54 Å². The number of carbonyl (C=O) groups is 1. The van der Waals surface area contributed by atoms with Gasteiger partial charge in [0.1, 0.15) is 5.54 Å². The molecule has 1 aromatic heterocycles. The van der Waals surface area contributed by atoms with Gasteiger partial charge in [-0.15, -0.1) is 0 Å². The fourth-order valence-electron chi connectivity index (χ4n) is 2.16. The minimum atomic E-state index is -0.843. The summed E-state index contributed by atoms with van der Waals surface area (Å²) >= 11 is 1.39. The Morgan fingerprint density at radius 2 is 2.13 bits per heavy atom. The number of benzene rings is 1. The average molecular weight is 327 g/mol. The predicted molar refractivity (Wildman–Crippen MR) is 94.2 cm³/mol. The Morgan fingerprint density at radius 3 is 2.78 bits per heavy atom. The Bertz CT molecular complexity index is 766. The molecule has 0 unspecified atom stereocenters. The van der Waals surface area contributed by atoms with E-state index in [4.69, 9.17) is 0 Å². The first-order chi connectivity index (χ1) is 10.9. The summed E-state index contributed by atoms with van der Waals surface area (Å²) in [6, 6.07) is 12.1. The molecule has 0 saturated carbocycles. The number of amides is 1. The number of thioether (sulfide) groups is 1. The van der Waals surface area contributed by atoms with E-state index >= 15 is 0 Å². The van der Waals surface area contributed by atoms with Crippen LogP contribution in [0, 0.1) is 24.2 Å². The summed E-state index contributed by atoms with van der Waals surface area (Å²) in [5.74, 6) is 0.136. The van der Waals surface area contributed by atoms with E-state index in [1.165, 1.54) is 11.8 Å². The molecule has 5 heteroatoms. The zero-order valence-corrected chi connectivity index (χ0v) is 14.7. The molecule has 0 aliphatic heterocycles. The monoisotopic (exact) mass is 327 g/mol. The Balaban J connectivity index is 2.07. The van der Waals surface area contributed by atoms with Crippen LogP contribution in [0.1, 0.15) is 26.3 Å². The molecule has 1 heterocycles. The summed E-state index contributed by atoms with van der Waals surface area (Å²) < 4.78 is 0. The number of nitrogens with one attached hydrogen (secondary N) is 1. The molecule has 1 aromatic carbocycles. The van der Waals surface area contributed by atoms with E-state index in [9.17, 15) is 10.1 Å². The van der Waals surface area contributed by atoms with Crippen LogP contribution in [-0.4, -0.2) is 22.2 Å². The molecule has 0 aliphatic carbocycles. The van der Waals surface area contributed by atoms with Crippen molar-refractivity contribution in [3.8, 4) is 6.07 Å². The minimum Gasteiger partial charge on any atom is -0.337 e. The summed E-state index contributed by atoms with van der Waals surface area (Å²) in [6.07, 6.45) is 0. The number of rotatable bonds is 5. The fourth-order valence-corrected chi connectivity index (χ4v) is 2.93. The first kappa shape index (κ1) is 17.3. The van der Waals surface area contributed by atoms with Crippen LogP contribution in [-0.2, 0) is 4.79 Å². The van der Waals surface area contributed by atoms with Crippen molar-refractivity contribution in [1.82, 2.24) is 10.3 Å². The molecule has 0 saturated heterocycles. The predicted octanol–water partition coefficient (Wildman–Crippen LogP) is 3.69. The van der Waals surface area contributed by atoms with E-state index in [1.807, 2.05) is 51.1 Å². The van der Waals surface area contributed by atoms with Gasteiger partial charge < -0.3 is 5.32 Å². The van der Waals surface area contributed by atoms with Gasteiger partial charge in [0.15, 0.2) is 0 Å². The lowest BCUT2D eigenvalue weighted by molar-refractivity contribution is -0.120. The van der Waals surface area contributed by atoms with Crippen LogP contribution in [0.5, 0.6) is 0 Å². The van der Waals surface area contributed by atoms with Crippen molar-refractivity contribution in [1.29, 1.82) is 5.26 Å². The van der Waals surface area contributed by atoms with Gasteiger partial charge in [0, 0.05) is 5.39 Å². The third-order valence-electron chi connectivity index (χ3n) is 4.04. The standard InChI is InChI=1S/C18H21N3OS/c1-12(2)18(4,11-19)21-16(22)10-23-17-9-13(3)14-7-5-6-8-15(14)20-17/h5-9,12H,10H2,1-4H3,(H,21,22)/t18-/m0/s1. The summed E-state index contributed by atoms with van der Waals surface area (Å²) in [5.41, 5.74) is 1.23. The van der Waals surface area contributed by atoms with Gasteiger partial charge in [-0.05, 0) is 37.5 Å². The first-order valence-electron chi connectivity index (χ1n) is 7.57. The lowest BCUT2D eigenvalue weighted by Crippen LogP contribution is -2.49. The summed E-state index contributed by atoms with van der Waals surface area (Å²) in [7, 11) is 0. The average Bonchev–Trinajstić information content (AvgIpc) is 2.52. The molecule has 2 aromatic rings. The highest BCUT2D eigenvalue weighted by molar-refractivity contribution is 7.99. The molecule has 23 heavy (non-hydrogen) atoms. The van der Waals surface area contributed by atoms with Gasteiger partial charge in [-0.25, -0.2) is 4.98 Å². The Labute approximate surface area is 141 Å². The highest BCUT2D eigenvalue weighted by Gasteiger charge is 2.29. The third-order valence-corrected chi connectivity index (χ3v) is 4.95. The zero-order valence-electron chi connectivity index (χ0n) is 13.9. The molecule has 0 radical (unpaired) electrons. The van der Waals surface area contributed by atoms with Crippen molar-refractivity contribution in [2.24, 2.45) is 5.92 Å². The number of hydrogen-bond donors (Lipinski definition) is 1. The third kappa shape index (κ3) is 4.02. The quantitative estimate of drug-likeness (QED) is 0.851. The van der Waals surface area contributed by atoms with Crippen LogP contribution in [0.25, 0.3) is 10.9 Å². The molecular weight excluding hydrogens is 306 g/mol. The van der Waals surface area contributed by atoms with Gasteiger partial charge >= 0.3 is 0 Å². The molecule has 1 N–H and O–H groups in total. The smallest absolute Gasteiger partial charge is 0.231 e. The van der Waals surface area contributed by atoms with Crippen LogP contribution >= 0.6 is 11.8 Å². The van der Waals surface area contributed by atoms with Crippen molar-refractivity contribution in [3.05, 3.63) is 35.9 Å². The van der Waals surface area contributed by atoms with Gasteiger partial charge in [0.2, 0.25) is 5.91 Å². The van der Waals surface area contributed by atoms with E-state index in [2.05, 4.69) is 16.4 Å². The number of carbonyl (C=O) groups excluding carboxylic acids is 1. The number of para-hydroxylation sites is 1. The summed E-state index contributed by atoms with van der Waals surface area (Å²) in [5, 5.41) is 14.0. The van der Waals surface area contributed by atoms with Crippen LogP contribution in [0.15, 0.2) is 35.4 Å². The zero-order chi connectivity index (χ0) is 17.0. The molecule has 1 atom stereocenters. The number of pyridine rings is 1. The molecule has 2 rings (SSSR count). The lowest BCUT2D eigenvalue weighted by atomic mass is 9.90. The van der Waals surface area contributed by atoms with Gasteiger partial charge in [-0.2, -0.15) is 5.26 Å². The second kappa shape index (κ2) is 7.01. The SMILES string of the molecule is Cc1cc(SCC(=O)N[C@@](C)(C#N)C(C)C)nc2ccccc12. The molecule has 0 aliphatic rings. The number of aryl methyl sites for hydroxylation is 1. The Hall–Kier alpha value is -2.06. The normalized spacial score (nSPS) is 13.6. The highest BCUT2D eigenvalue weighted by Crippen LogP contribution is 2.24. The molecule has 1 amide bonds. The van der Waals surface area contributed by atoms with Crippen molar-refractivity contribution in [3.63, 3.8) is 0 Å². The second-order valence-electron chi connectivity index (χ2n) is 6.10.